The predicted octanol–water partition coefficient (Wildman–Crippen LogP) is 2.97. The van der Waals surface area contributed by atoms with Gasteiger partial charge < -0.3 is 14.0 Å². The highest BCUT2D eigenvalue weighted by atomic mass is 35.5. The second-order valence-corrected chi connectivity index (χ2v) is 8.72. The van der Waals surface area contributed by atoms with E-state index < -0.39 is 0 Å². The van der Waals surface area contributed by atoms with Gasteiger partial charge in [-0.05, 0) is 30.5 Å². The summed E-state index contributed by atoms with van der Waals surface area (Å²) in [6.07, 6.45) is 3.43. The van der Waals surface area contributed by atoms with Crippen molar-refractivity contribution >= 4 is 22.6 Å². The predicted molar refractivity (Wildman–Crippen MR) is 125 cm³/mol. The average molecular weight is 486 g/mol. The minimum Gasteiger partial charge on any atom is -0.454 e. The summed E-state index contributed by atoms with van der Waals surface area (Å²) in [5.74, 6) is 2.84. The van der Waals surface area contributed by atoms with Crippen LogP contribution in [0.4, 0.5) is 5.82 Å². The Labute approximate surface area is 199 Å². The zero-order valence-electron chi connectivity index (χ0n) is 18.8. The first kappa shape index (κ1) is 22.4. The van der Waals surface area contributed by atoms with Crippen LogP contribution in [0.25, 0.3) is 0 Å². The van der Waals surface area contributed by atoms with Crippen LogP contribution in [-0.4, -0.2) is 31.2 Å². The highest BCUT2D eigenvalue weighted by molar-refractivity contribution is 6.66. The molecule has 178 valence electrons. The van der Waals surface area contributed by atoms with E-state index in [1.807, 2.05) is 25.1 Å². The second-order valence-electron chi connectivity index (χ2n) is 8.28. The van der Waals surface area contributed by atoms with Gasteiger partial charge in [-0.1, -0.05) is 36.2 Å². The number of fused-ring (bicyclic) bond motifs is 2. The Balaban J connectivity index is 1.26. The van der Waals surface area contributed by atoms with Crippen LogP contribution in [0.15, 0.2) is 37.3 Å². The Morgan fingerprint density at radius 1 is 1.09 bits per heavy atom. The number of hydrogen-bond donors (Lipinski definition) is 0. The van der Waals surface area contributed by atoms with E-state index >= 15 is 0 Å². The first-order chi connectivity index (χ1) is 16.5. The minimum atomic E-state index is -0.360. The van der Waals surface area contributed by atoms with Crippen molar-refractivity contribution in [3.63, 3.8) is 0 Å². The van der Waals surface area contributed by atoms with Crippen molar-refractivity contribution in [2.75, 3.05) is 6.79 Å². The first-order valence-corrected chi connectivity index (χ1v) is 11.7. The molecule has 0 bridgehead atoms. The van der Waals surface area contributed by atoms with Gasteiger partial charge >= 0.3 is 5.69 Å². The van der Waals surface area contributed by atoms with Gasteiger partial charge in [0.15, 0.2) is 17.3 Å². The normalized spacial score (nSPS) is 13.9. The maximum Gasteiger partial charge on any atom is 0.332 e. The van der Waals surface area contributed by atoms with Crippen LogP contribution in [0.3, 0.4) is 0 Å². The molecule has 2 aliphatic heterocycles. The summed E-state index contributed by atoms with van der Waals surface area (Å²) in [6, 6.07) is 5.69. The van der Waals surface area contributed by atoms with Crippen LogP contribution in [-0.2, 0) is 32.4 Å². The maximum absolute atomic E-state index is 13.0. The van der Waals surface area contributed by atoms with E-state index in [1.54, 1.807) is 4.57 Å². The SMILES string of the molecule is CCCCn1c2c(c(=O)n(CCCc3nc(Cc4ccc5c(c4)OCO5)no3)c1=O)CC(Cl)=N2. The van der Waals surface area contributed by atoms with Crippen molar-refractivity contribution in [1.82, 2.24) is 19.3 Å². The second kappa shape index (κ2) is 9.46. The quantitative estimate of drug-likeness (QED) is 0.457. The fourth-order valence-corrected chi connectivity index (χ4v) is 4.34. The molecule has 1 aromatic carbocycles. The molecule has 10 nitrogen and oxygen atoms in total. The van der Waals surface area contributed by atoms with Crippen LogP contribution in [0.1, 0.15) is 49.0 Å². The standard InChI is InChI=1S/C23H24ClN5O5/c1-2-3-8-28-21-15(12-18(24)25-21)22(30)29(23(28)31)9-4-5-20-26-19(27-34-20)11-14-6-7-16-17(10-14)33-13-32-16/h6-7,10H,2-5,8-9,11-13H2,1H3. The monoisotopic (exact) mass is 485 g/mol. The number of hydrogen-bond acceptors (Lipinski definition) is 8. The summed E-state index contributed by atoms with van der Waals surface area (Å²) in [4.78, 5) is 34.6. The summed E-state index contributed by atoms with van der Waals surface area (Å²) < 4.78 is 18.9. The summed E-state index contributed by atoms with van der Waals surface area (Å²) in [7, 11) is 0. The van der Waals surface area contributed by atoms with Crippen molar-refractivity contribution in [3.8, 4) is 11.5 Å². The van der Waals surface area contributed by atoms with Gasteiger partial charge in [0.05, 0.1) is 5.56 Å². The molecule has 4 heterocycles. The molecular weight excluding hydrogens is 462 g/mol. The molecule has 2 aliphatic rings. The van der Waals surface area contributed by atoms with Crippen molar-refractivity contribution < 1.29 is 14.0 Å². The third kappa shape index (κ3) is 4.37. The smallest absolute Gasteiger partial charge is 0.332 e. The molecule has 0 radical (unpaired) electrons. The summed E-state index contributed by atoms with van der Waals surface area (Å²) in [5.41, 5.74) is 0.766. The molecule has 0 aliphatic carbocycles. The number of aryl methyl sites for hydroxylation is 1. The van der Waals surface area contributed by atoms with Crippen LogP contribution in [0, 0.1) is 0 Å². The van der Waals surface area contributed by atoms with Crippen molar-refractivity contribution in [2.24, 2.45) is 4.99 Å². The van der Waals surface area contributed by atoms with Crippen molar-refractivity contribution in [3.05, 3.63) is 61.9 Å². The Morgan fingerprint density at radius 2 is 1.91 bits per heavy atom. The highest BCUT2D eigenvalue weighted by Gasteiger charge is 2.24. The Bertz CT molecular complexity index is 1370. The fraction of sp³-hybridized carbons (Fsp3) is 0.435. The lowest BCUT2D eigenvalue weighted by molar-refractivity contribution is 0.174. The largest absolute Gasteiger partial charge is 0.454 e. The maximum atomic E-state index is 13.0. The number of aromatic nitrogens is 4. The average Bonchev–Trinajstić information content (AvgIpc) is 3.56. The van der Waals surface area contributed by atoms with Gasteiger partial charge in [-0.3, -0.25) is 13.9 Å². The lowest BCUT2D eigenvalue weighted by atomic mass is 10.1. The Kier molecular flexibility index (Phi) is 6.23. The molecule has 0 saturated carbocycles. The number of ether oxygens (including phenoxy) is 2. The summed E-state index contributed by atoms with van der Waals surface area (Å²) in [5, 5.41) is 4.38. The van der Waals surface area contributed by atoms with Gasteiger partial charge in [-0.25, -0.2) is 9.79 Å². The van der Waals surface area contributed by atoms with Gasteiger partial charge in [0.25, 0.3) is 5.56 Å². The van der Waals surface area contributed by atoms with E-state index in [9.17, 15) is 9.59 Å². The van der Waals surface area contributed by atoms with E-state index in [0.717, 1.165) is 24.2 Å². The van der Waals surface area contributed by atoms with Gasteiger partial charge in [-0.2, -0.15) is 4.98 Å². The number of halogens is 1. The molecule has 0 N–H and O–H groups in total. The molecule has 0 atom stereocenters. The van der Waals surface area contributed by atoms with E-state index in [0.29, 0.717) is 59.8 Å². The van der Waals surface area contributed by atoms with E-state index in [1.165, 1.54) is 4.57 Å². The Morgan fingerprint density at radius 3 is 2.76 bits per heavy atom. The number of aliphatic imine (C=N–C) groups is 1. The van der Waals surface area contributed by atoms with Gasteiger partial charge in [0.1, 0.15) is 11.0 Å². The van der Waals surface area contributed by atoms with Gasteiger partial charge in [-0.15, -0.1) is 0 Å². The number of benzene rings is 1. The summed E-state index contributed by atoms with van der Waals surface area (Å²) in [6.45, 7) is 3.01. The third-order valence-corrected chi connectivity index (χ3v) is 6.08. The van der Waals surface area contributed by atoms with E-state index in [2.05, 4.69) is 15.1 Å². The summed E-state index contributed by atoms with van der Waals surface area (Å²) >= 11 is 6.08. The molecule has 0 saturated heterocycles. The molecule has 34 heavy (non-hydrogen) atoms. The molecule has 2 aromatic heterocycles. The topological polar surface area (TPSA) is 114 Å². The fourth-order valence-electron chi connectivity index (χ4n) is 4.13. The van der Waals surface area contributed by atoms with Crippen molar-refractivity contribution in [1.29, 1.82) is 0 Å². The molecule has 0 fully saturated rings. The molecule has 0 amide bonds. The third-order valence-electron chi connectivity index (χ3n) is 5.86. The number of nitrogens with zero attached hydrogens (tertiary/aromatic N) is 5. The molecule has 3 aromatic rings. The van der Waals surface area contributed by atoms with Crippen molar-refractivity contribution in [2.45, 2.75) is 58.5 Å². The minimum absolute atomic E-state index is 0.224. The number of unbranched alkanes of at least 4 members (excludes halogenated alkanes) is 1. The lowest BCUT2D eigenvalue weighted by Gasteiger charge is -2.13. The molecular formula is C23H24ClN5O5. The van der Waals surface area contributed by atoms with Gasteiger partial charge in [0.2, 0.25) is 12.7 Å². The van der Waals surface area contributed by atoms with E-state index in [4.69, 9.17) is 25.6 Å². The highest BCUT2D eigenvalue weighted by Crippen LogP contribution is 2.33. The van der Waals surface area contributed by atoms with Crippen LogP contribution in [0.2, 0.25) is 0 Å². The van der Waals surface area contributed by atoms with E-state index in [-0.39, 0.29) is 31.0 Å². The Hall–Kier alpha value is -3.40. The van der Waals surface area contributed by atoms with Gasteiger partial charge in [0, 0.05) is 32.4 Å². The lowest BCUT2D eigenvalue weighted by Crippen LogP contribution is -2.41. The molecule has 11 heteroatoms. The molecule has 0 unspecified atom stereocenters. The molecule has 5 rings (SSSR count). The number of rotatable bonds is 9. The van der Waals surface area contributed by atoms with Crippen LogP contribution < -0.4 is 20.7 Å². The first-order valence-electron chi connectivity index (χ1n) is 11.3. The zero-order valence-corrected chi connectivity index (χ0v) is 19.5. The van der Waals surface area contributed by atoms with Crippen LogP contribution >= 0.6 is 11.6 Å². The molecule has 0 spiro atoms. The zero-order chi connectivity index (χ0) is 23.7. The van der Waals surface area contributed by atoms with Crippen LogP contribution in [0.5, 0.6) is 11.5 Å².